The first-order valence-electron chi connectivity index (χ1n) is 5.72. The number of hydrogen-bond acceptors (Lipinski definition) is 4. The highest BCUT2D eigenvalue weighted by molar-refractivity contribution is 6.05. The van der Waals surface area contributed by atoms with Gasteiger partial charge in [-0.3, -0.25) is 9.79 Å². The van der Waals surface area contributed by atoms with Crippen molar-refractivity contribution in [3.8, 4) is 0 Å². The van der Waals surface area contributed by atoms with Gasteiger partial charge in [-0.15, -0.1) is 0 Å². The number of amidine groups is 1. The molecule has 0 aromatic rings. The maximum atomic E-state index is 11.4. The SMILES string of the molecule is CCCC1N=C(CCOCCOC)NC1=O. The number of carbonyl (C=O) groups is 1. The molecule has 0 aromatic heterocycles. The van der Waals surface area contributed by atoms with E-state index >= 15 is 0 Å². The van der Waals surface area contributed by atoms with Gasteiger partial charge in [0.25, 0.3) is 0 Å². The highest BCUT2D eigenvalue weighted by Crippen LogP contribution is 2.08. The number of ether oxygens (including phenoxy) is 2. The summed E-state index contributed by atoms with van der Waals surface area (Å²) in [5, 5.41) is 2.78. The van der Waals surface area contributed by atoms with E-state index in [-0.39, 0.29) is 11.9 Å². The Morgan fingerprint density at radius 1 is 1.38 bits per heavy atom. The predicted molar refractivity (Wildman–Crippen MR) is 61.6 cm³/mol. The molecule has 1 N–H and O–H groups in total. The molecule has 1 aliphatic rings. The van der Waals surface area contributed by atoms with E-state index in [0.29, 0.717) is 26.2 Å². The van der Waals surface area contributed by atoms with E-state index in [2.05, 4.69) is 17.2 Å². The number of hydrogen-bond donors (Lipinski definition) is 1. The van der Waals surface area contributed by atoms with Crippen molar-refractivity contribution in [2.75, 3.05) is 26.9 Å². The van der Waals surface area contributed by atoms with Crippen LogP contribution in [0.2, 0.25) is 0 Å². The largest absolute Gasteiger partial charge is 0.382 e. The number of carbonyl (C=O) groups excluding carboxylic acids is 1. The molecule has 92 valence electrons. The number of nitrogens with zero attached hydrogens (tertiary/aromatic N) is 1. The van der Waals surface area contributed by atoms with Crippen LogP contribution in [0.3, 0.4) is 0 Å². The summed E-state index contributed by atoms with van der Waals surface area (Å²) in [6.45, 7) is 3.80. The van der Waals surface area contributed by atoms with E-state index in [4.69, 9.17) is 9.47 Å². The van der Waals surface area contributed by atoms with Crippen LogP contribution in [-0.4, -0.2) is 44.7 Å². The van der Waals surface area contributed by atoms with Crippen molar-refractivity contribution in [3.05, 3.63) is 0 Å². The summed E-state index contributed by atoms with van der Waals surface area (Å²) in [5.74, 6) is 0.773. The van der Waals surface area contributed by atoms with E-state index in [1.54, 1.807) is 7.11 Å². The molecule has 0 fully saturated rings. The van der Waals surface area contributed by atoms with Crippen molar-refractivity contribution in [2.45, 2.75) is 32.2 Å². The molecule has 16 heavy (non-hydrogen) atoms. The Hall–Kier alpha value is -0.940. The minimum Gasteiger partial charge on any atom is -0.382 e. The average Bonchev–Trinajstić information content (AvgIpc) is 2.60. The van der Waals surface area contributed by atoms with Gasteiger partial charge in [-0.1, -0.05) is 13.3 Å². The van der Waals surface area contributed by atoms with Gasteiger partial charge in [-0.2, -0.15) is 0 Å². The molecular weight excluding hydrogens is 208 g/mol. The quantitative estimate of drug-likeness (QED) is 0.623. The van der Waals surface area contributed by atoms with Gasteiger partial charge in [0.2, 0.25) is 5.91 Å². The first-order chi connectivity index (χ1) is 7.77. The lowest BCUT2D eigenvalue weighted by Crippen LogP contribution is -2.29. The van der Waals surface area contributed by atoms with Crippen molar-refractivity contribution >= 4 is 11.7 Å². The van der Waals surface area contributed by atoms with Gasteiger partial charge in [0.15, 0.2) is 0 Å². The van der Waals surface area contributed by atoms with Gasteiger partial charge < -0.3 is 14.8 Å². The molecule has 1 unspecified atom stereocenters. The Morgan fingerprint density at radius 2 is 2.19 bits per heavy atom. The second-order valence-electron chi connectivity index (χ2n) is 3.72. The van der Waals surface area contributed by atoms with E-state index in [0.717, 1.165) is 18.7 Å². The minimum atomic E-state index is -0.182. The molecule has 0 saturated carbocycles. The zero-order chi connectivity index (χ0) is 11.8. The minimum absolute atomic E-state index is 0.0220. The number of amides is 1. The highest BCUT2D eigenvalue weighted by atomic mass is 16.5. The Bertz CT molecular complexity index is 254. The lowest BCUT2D eigenvalue weighted by molar-refractivity contribution is -0.120. The third-order valence-corrected chi connectivity index (χ3v) is 2.36. The average molecular weight is 228 g/mol. The number of aliphatic imine (C=N–C) groups is 1. The second kappa shape index (κ2) is 7.35. The second-order valence-corrected chi connectivity index (χ2v) is 3.72. The Kier molecular flexibility index (Phi) is 6.03. The smallest absolute Gasteiger partial charge is 0.250 e. The lowest BCUT2D eigenvalue weighted by Gasteiger charge is -2.03. The standard InChI is InChI=1S/C11H20N2O3/c1-3-4-9-11(14)13-10(12-9)5-6-16-8-7-15-2/h9H,3-8H2,1-2H3,(H,12,13,14). The third-order valence-electron chi connectivity index (χ3n) is 2.36. The molecule has 1 rings (SSSR count). The van der Waals surface area contributed by atoms with Gasteiger partial charge in [0.05, 0.1) is 19.8 Å². The van der Waals surface area contributed by atoms with Gasteiger partial charge >= 0.3 is 0 Å². The fourth-order valence-corrected chi connectivity index (χ4v) is 1.51. The molecule has 0 aromatic carbocycles. The molecule has 0 spiro atoms. The highest BCUT2D eigenvalue weighted by Gasteiger charge is 2.24. The van der Waals surface area contributed by atoms with Crippen molar-refractivity contribution in [3.63, 3.8) is 0 Å². The maximum absolute atomic E-state index is 11.4. The summed E-state index contributed by atoms with van der Waals surface area (Å²) in [6.07, 6.45) is 2.45. The molecule has 5 nitrogen and oxygen atoms in total. The van der Waals surface area contributed by atoms with Crippen molar-refractivity contribution in [1.29, 1.82) is 0 Å². The van der Waals surface area contributed by atoms with Crippen LogP contribution in [-0.2, 0) is 14.3 Å². The van der Waals surface area contributed by atoms with Crippen LogP contribution in [0, 0.1) is 0 Å². The van der Waals surface area contributed by atoms with Crippen LogP contribution >= 0.6 is 0 Å². The topological polar surface area (TPSA) is 59.9 Å². The van der Waals surface area contributed by atoms with E-state index < -0.39 is 0 Å². The molecule has 0 radical (unpaired) electrons. The lowest BCUT2D eigenvalue weighted by atomic mass is 10.2. The monoisotopic (exact) mass is 228 g/mol. The zero-order valence-corrected chi connectivity index (χ0v) is 9.99. The van der Waals surface area contributed by atoms with Crippen LogP contribution < -0.4 is 5.32 Å². The Balaban J connectivity index is 2.18. The van der Waals surface area contributed by atoms with Crippen LogP contribution in [0.4, 0.5) is 0 Å². The van der Waals surface area contributed by atoms with E-state index in [9.17, 15) is 4.79 Å². The molecule has 0 saturated heterocycles. The normalized spacial score (nSPS) is 19.8. The number of rotatable bonds is 8. The summed E-state index contributed by atoms with van der Waals surface area (Å²) >= 11 is 0. The summed E-state index contributed by atoms with van der Waals surface area (Å²) in [4.78, 5) is 15.7. The number of methoxy groups -OCH3 is 1. The fourth-order valence-electron chi connectivity index (χ4n) is 1.51. The van der Waals surface area contributed by atoms with Gasteiger partial charge in [-0.05, 0) is 6.42 Å². The Labute approximate surface area is 96.2 Å². The van der Waals surface area contributed by atoms with Crippen molar-refractivity contribution in [2.24, 2.45) is 4.99 Å². The van der Waals surface area contributed by atoms with Crippen molar-refractivity contribution in [1.82, 2.24) is 5.32 Å². The van der Waals surface area contributed by atoms with Crippen molar-refractivity contribution < 1.29 is 14.3 Å². The molecule has 1 heterocycles. The Morgan fingerprint density at radius 3 is 2.88 bits per heavy atom. The number of nitrogens with one attached hydrogen (secondary N) is 1. The van der Waals surface area contributed by atoms with Crippen LogP contribution in [0.5, 0.6) is 0 Å². The first-order valence-corrected chi connectivity index (χ1v) is 5.72. The van der Waals surface area contributed by atoms with Crippen LogP contribution in [0.1, 0.15) is 26.2 Å². The molecular formula is C11H20N2O3. The molecule has 0 bridgehead atoms. The summed E-state index contributed by atoms with van der Waals surface area (Å²) in [6, 6.07) is -0.182. The van der Waals surface area contributed by atoms with Gasteiger partial charge in [-0.25, -0.2) is 0 Å². The van der Waals surface area contributed by atoms with E-state index in [1.807, 2.05) is 0 Å². The van der Waals surface area contributed by atoms with Gasteiger partial charge in [0.1, 0.15) is 11.9 Å². The van der Waals surface area contributed by atoms with E-state index in [1.165, 1.54) is 0 Å². The first kappa shape index (κ1) is 13.1. The van der Waals surface area contributed by atoms with Gasteiger partial charge in [0, 0.05) is 13.5 Å². The fraction of sp³-hybridized carbons (Fsp3) is 0.818. The molecule has 1 amide bonds. The summed E-state index contributed by atoms with van der Waals surface area (Å²) in [7, 11) is 1.64. The molecule has 1 aliphatic heterocycles. The summed E-state index contributed by atoms with van der Waals surface area (Å²) < 4.78 is 10.2. The molecule has 0 aliphatic carbocycles. The molecule has 5 heteroatoms. The summed E-state index contributed by atoms with van der Waals surface area (Å²) in [5.41, 5.74) is 0. The maximum Gasteiger partial charge on any atom is 0.250 e. The van der Waals surface area contributed by atoms with Crippen LogP contribution in [0.15, 0.2) is 4.99 Å². The zero-order valence-electron chi connectivity index (χ0n) is 9.99. The predicted octanol–water partition coefficient (Wildman–Crippen LogP) is 0.736. The van der Waals surface area contributed by atoms with Crippen LogP contribution in [0.25, 0.3) is 0 Å². The molecule has 1 atom stereocenters. The third kappa shape index (κ3) is 4.28.